The summed E-state index contributed by atoms with van der Waals surface area (Å²) in [4.78, 5) is 6.36. The Kier molecular flexibility index (Phi) is 2.24. The topological polar surface area (TPSA) is 47.1 Å². The van der Waals surface area contributed by atoms with Crippen molar-refractivity contribution in [3.8, 4) is 0 Å². The van der Waals surface area contributed by atoms with E-state index in [1.54, 1.807) is 12.3 Å². The molecule has 0 unspecified atom stereocenters. The van der Waals surface area contributed by atoms with Crippen LogP contribution in [0.25, 0.3) is 0 Å². The quantitative estimate of drug-likeness (QED) is 0.760. The van der Waals surface area contributed by atoms with E-state index in [1.165, 1.54) is 12.1 Å². The van der Waals surface area contributed by atoms with Crippen LogP contribution in [0.3, 0.4) is 0 Å². The molecule has 88 valence electrons. The lowest BCUT2D eigenvalue weighted by atomic mass is 10.2. The summed E-state index contributed by atoms with van der Waals surface area (Å²) < 4.78 is 15.4. The van der Waals surface area contributed by atoms with Crippen molar-refractivity contribution in [2.24, 2.45) is 0 Å². The van der Waals surface area contributed by atoms with E-state index in [-0.39, 0.29) is 5.82 Å². The van der Waals surface area contributed by atoms with E-state index in [0.29, 0.717) is 12.2 Å². The number of anilines is 2. The minimum Gasteiger partial charge on any atom is -0.399 e. The maximum Gasteiger partial charge on any atom is 0.128 e. The van der Waals surface area contributed by atoms with Gasteiger partial charge in [0.05, 0.1) is 6.54 Å². The molecular formula is C12H13FN4. The van der Waals surface area contributed by atoms with Gasteiger partial charge in [-0.3, -0.25) is 0 Å². The van der Waals surface area contributed by atoms with E-state index < -0.39 is 0 Å². The van der Waals surface area contributed by atoms with Crippen LogP contribution in [0.2, 0.25) is 0 Å². The first-order valence-electron chi connectivity index (χ1n) is 5.53. The Labute approximate surface area is 98.5 Å². The number of fused-ring (bicyclic) bond motifs is 1. The number of benzene rings is 1. The van der Waals surface area contributed by atoms with Crippen LogP contribution in [-0.4, -0.2) is 16.1 Å². The Morgan fingerprint density at radius 1 is 1.24 bits per heavy atom. The summed E-state index contributed by atoms with van der Waals surface area (Å²) in [5.41, 5.74) is 6.92. The Morgan fingerprint density at radius 2 is 2.12 bits per heavy atom. The molecule has 17 heavy (non-hydrogen) atoms. The van der Waals surface area contributed by atoms with Gasteiger partial charge in [-0.25, -0.2) is 9.37 Å². The van der Waals surface area contributed by atoms with E-state index in [0.717, 1.165) is 24.6 Å². The molecule has 0 spiro atoms. The molecule has 1 aliphatic heterocycles. The molecule has 0 saturated carbocycles. The van der Waals surface area contributed by atoms with Crippen molar-refractivity contribution in [2.45, 2.75) is 13.1 Å². The second kappa shape index (κ2) is 3.76. The Hall–Kier alpha value is -2.04. The number of halogens is 1. The van der Waals surface area contributed by atoms with Gasteiger partial charge in [0.15, 0.2) is 0 Å². The van der Waals surface area contributed by atoms with Crippen molar-refractivity contribution >= 4 is 11.4 Å². The zero-order chi connectivity index (χ0) is 11.8. The molecule has 0 amide bonds. The average molecular weight is 232 g/mol. The molecule has 4 nitrogen and oxygen atoms in total. The molecule has 0 saturated heterocycles. The van der Waals surface area contributed by atoms with Gasteiger partial charge in [0.1, 0.15) is 11.6 Å². The lowest BCUT2D eigenvalue weighted by Gasteiger charge is -2.29. The summed E-state index contributed by atoms with van der Waals surface area (Å²) in [7, 11) is 0. The zero-order valence-corrected chi connectivity index (χ0v) is 9.31. The third kappa shape index (κ3) is 1.84. The highest BCUT2D eigenvalue weighted by Crippen LogP contribution is 2.23. The van der Waals surface area contributed by atoms with Crippen molar-refractivity contribution in [1.82, 2.24) is 9.55 Å². The minimum atomic E-state index is -0.297. The standard InChI is InChI=1S/C12H13FN4/c13-9-5-10(14)7-11(6-9)17-4-3-16-2-1-15-12(16)8-17/h1-2,5-7H,3-4,8,14H2. The number of nitrogen functional groups attached to an aromatic ring is 1. The summed E-state index contributed by atoms with van der Waals surface area (Å²) in [6, 6.07) is 4.63. The van der Waals surface area contributed by atoms with Gasteiger partial charge in [0.25, 0.3) is 0 Å². The highest BCUT2D eigenvalue weighted by atomic mass is 19.1. The Balaban J connectivity index is 1.91. The van der Waals surface area contributed by atoms with Gasteiger partial charge in [-0.05, 0) is 18.2 Å². The molecule has 2 heterocycles. The van der Waals surface area contributed by atoms with Gasteiger partial charge >= 0.3 is 0 Å². The number of nitrogens with zero attached hydrogens (tertiary/aromatic N) is 3. The molecular weight excluding hydrogens is 219 g/mol. The van der Waals surface area contributed by atoms with Crippen molar-refractivity contribution in [3.05, 3.63) is 42.2 Å². The zero-order valence-electron chi connectivity index (χ0n) is 9.31. The van der Waals surface area contributed by atoms with Gasteiger partial charge in [0.2, 0.25) is 0 Å². The number of hydrogen-bond acceptors (Lipinski definition) is 3. The van der Waals surface area contributed by atoms with E-state index in [1.807, 2.05) is 6.20 Å². The van der Waals surface area contributed by atoms with Gasteiger partial charge < -0.3 is 15.2 Å². The van der Waals surface area contributed by atoms with Crippen molar-refractivity contribution in [3.63, 3.8) is 0 Å². The molecule has 1 aromatic heterocycles. The molecule has 3 rings (SSSR count). The van der Waals surface area contributed by atoms with Crippen LogP contribution < -0.4 is 10.6 Å². The van der Waals surface area contributed by atoms with Crippen LogP contribution >= 0.6 is 0 Å². The van der Waals surface area contributed by atoms with Crippen LogP contribution in [0, 0.1) is 5.82 Å². The van der Waals surface area contributed by atoms with E-state index >= 15 is 0 Å². The molecule has 0 atom stereocenters. The molecule has 5 heteroatoms. The summed E-state index contributed by atoms with van der Waals surface area (Å²) in [5, 5.41) is 0. The molecule has 1 aliphatic rings. The first kappa shape index (κ1) is 10.1. The summed E-state index contributed by atoms with van der Waals surface area (Å²) in [6.45, 7) is 2.40. The van der Waals surface area contributed by atoms with E-state index in [2.05, 4.69) is 14.5 Å². The summed E-state index contributed by atoms with van der Waals surface area (Å²) >= 11 is 0. The predicted octanol–water partition coefficient (Wildman–Crippen LogP) is 1.62. The number of aromatic nitrogens is 2. The summed E-state index contributed by atoms with van der Waals surface area (Å²) in [5.74, 6) is 0.702. The van der Waals surface area contributed by atoms with Crippen LogP contribution in [0.5, 0.6) is 0 Å². The minimum absolute atomic E-state index is 0.297. The van der Waals surface area contributed by atoms with Crippen molar-refractivity contribution < 1.29 is 4.39 Å². The first-order valence-corrected chi connectivity index (χ1v) is 5.53. The number of hydrogen-bond donors (Lipinski definition) is 1. The second-order valence-electron chi connectivity index (χ2n) is 4.20. The third-order valence-corrected chi connectivity index (χ3v) is 3.01. The SMILES string of the molecule is Nc1cc(F)cc(N2CCn3ccnc3C2)c1. The second-order valence-corrected chi connectivity index (χ2v) is 4.20. The molecule has 2 N–H and O–H groups in total. The van der Waals surface area contributed by atoms with Crippen LogP contribution in [0.4, 0.5) is 15.8 Å². The van der Waals surface area contributed by atoms with Crippen LogP contribution in [-0.2, 0) is 13.1 Å². The van der Waals surface area contributed by atoms with Crippen LogP contribution in [0.15, 0.2) is 30.6 Å². The maximum atomic E-state index is 13.3. The fraction of sp³-hybridized carbons (Fsp3) is 0.250. The summed E-state index contributed by atoms with van der Waals surface area (Å²) in [6.07, 6.45) is 3.76. The number of imidazole rings is 1. The lowest BCUT2D eigenvalue weighted by Crippen LogP contribution is -2.33. The smallest absolute Gasteiger partial charge is 0.128 e. The van der Waals surface area contributed by atoms with Gasteiger partial charge in [-0.2, -0.15) is 0 Å². The normalized spacial score (nSPS) is 14.8. The van der Waals surface area contributed by atoms with Crippen LogP contribution in [0.1, 0.15) is 5.82 Å². The first-order chi connectivity index (χ1) is 8.22. The monoisotopic (exact) mass is 232 g/mol. The average Bonchev–Trinajstić information content (AvgIpc) is 2.74. The van der Waals surface area contributed by atoms with Gasteiger partial charge in [-0.1, -0.05) is 0 Å². The highest BCUT2D eigenvalue weighted by molar-refractivity contribution is 5.56. The third-order valence-electron chi connectivity index (χ3n) is 3.01. The maximum absolute atomic E-state index is 13.3. The van der Waals surface area contributed by atoms with Gasteiger partial charge in [0, 0.05) is 36.9 Å². The molecule has 0 aliphatic carbocycles. The Bertz CT molecular complexity index is 529. The lowest BCUT2D eigenvalue weighted by molar-refractivity contribution is 0.557. The molecule has 0 fully saturated rings. The molecule has 0 radical (unpaired) electrons. The number of rotatable bonds is 1. The fourth-order valence-electron chi connectivity index (χ4n) is 2.17. The van der Waals surface area contributed by atoms with E-state index in [4.69, 9.17) is 5.73 Å². The molecule has 2 aromatic rings. The van der Waals surface area contributed by atoms with Gasteiger partial charge in [-0.15, -0.1) is 0 Å². The number of nitrogens with two attached hydrogens (primary N) is 1. The Morgan fingerprint density at radius 3 is 2.94 bits per heavy atom. The fourth-order valence-corrected chi connectivity index (χ4v) is 2.17. The van der Waals surface area contributed by atoms with Crippen molar-refractivity contribution in [2.75, 3.05) is 17.2 Å². The predicted molar refractivity (Wildman–Crippen MR) is 64.1 cm³/mol. The molecule has 1 aromatic carbocycles. The largest absolute Gasteiger partial charge is 0.399 e. The van der Waals surface area contributed by atoms with Crippen molar-refractivity contribution in [1.29, 1.82) is 0 Å². The molecule has 0 bridgehead atoms. The highest BCUT2D eigenvalue weighted by Gasteiger charge is 2.17. The van der Waals surface area contributed by atoms with E-state index in [9.17, 15) is 4.39 Å².